The second kappa shape index (κ2) is 6.08. The van der Waals surface area contributed by atoms with Gasteiger partial charge in [0.1, 0.15) is 17.8 Å². The second-order valence-corrected chi connectivity index (χ2v) is 4.37. The number of benzene rings is 1. The van der Waals surface area contributed by atoms with Gasteiger partial charge in [-0.2, -0.15) is 0 Å². The Bertz CT molecular complexity index is 458. The van der Waals surface area contributed by atoms with Crippen LogP contribution in [0.4, 0.5) is 5.69 Å². The number of carbonyl (C=O) groups excluding carboxylic acids is 1. The van der Waals surface area contributed by atoms with Crippen LogP contribution in [0, 0.1) is 0 Å². The quantitative estimate of drug-likeness (QED) is 0.733. The fourth-order valence-corrected chi connectivity index (χ4v) is 1.48. The number of carbonyl (C=O) groups is 2. The Morgan fingerprint density at radius 3 is 2.21 bits per heavy atom. The highest BCUT2D eigenvalue weighted by atomic mass is 16.4. The molecule has 0 bridgehead atoms. The van der Waals surface area contributed by atoms with Gasteiger partial charge in [0.2, 0.25) is 5.91 Å². The standard InChI is InChI=1S/C13H18N2O4/c1-8(13(18)19)14-12(17)9(2)15(3)10-4-6-11(16)7-5-10/h4-9,16H,1-3H3,(H,14,17)(H,18,19). The van der Waals surface area contributed by atoms with Gasteiger partial charge in [0.15, 0.2) is 0 Å². The highest BCUT2D eigenvalue weighted by Gasteiger charge is 2.22. The Hall–Kier alpha value is -2.24. The van der Waals surface area contributed by atoms with E-state index >= 15 is 0 Å². The molecule has 1 aromatic rings. The Balaban J connectivity index is 2.71. The summed E-state index contributed by atoms with van der Waals surface area (Å²) in [7, 11) is 1.72. The summed E-state index contributed by atoms with van der Waals surface area (Å²) in [6, 6.07) is 4.96. The first kappa shape index (κ1) is 14.8. The number of nitrogens with zero attached hydrogens (tertiary/aromatic N) is 1. The Labute approximate surface area is 111 Å². The summed E-state index contributed by atoms with van der Waals surface area (Å²) in [6.45, 7) is 3.09. The minimum absolute atomic E-state index is 0.147. The van der Waals surface area contributed by atoms with E-state index in [1.54, 1.807) is 31.0 Å². The number of nitrogens with one attached hydrogen (secondary N) is 1. The summed E-state index contributed by atoms with van der Waals surface area (Å²) in [5.41, 5.74) is 0.753. The third-order valence-electron chi connectivity index (χ3n) is 2.95. The lowest BCUT2D eigenvalue weighted by molar-refractivity contribution is -0.141. The minimum Gasteiger partial charge on any atom is -0.508 e. The molecule has 104 valence electrons. The van der Waals surface area contributed by atoms with Gasteiger partial charge >= 0.3 is 5.97 Å². The van der Waals surface area contributed by atoms with Crippen molar-refractivity contribution in [3.63, 3.8) is 0 Å². The molecule has 0 aliphatic carbocycles. The van der Waals surface area contributed by atoms with Crippen molar-refractivity contribution in [2.75, 3.05) is 11.9 Å². The number of carboxylic acids is 1. The van der Waals surface area contributed by atoms with Gasteiger partial charge in [0.25, 0.3) is 0 Å². The van der Waals surface area contributed by atoms with Crippen molar-refractivity contribution < 1.29 is 19.8 Å². The number of aliphatic carboxylic acids is 1. The van der Waals surface area contributed by atoms with Crippen LogP contribution in [0.1, 0.15) is 13.8 Å². The summed E-state index contributed by atoms with van der Waals surface area (Å²) < 4.78 is 0. The molecule has 0 saturated carbocycles. The van der Waals surface area contributed by atoms with Crippen molar-refractivity contribution in [2.45, 2.75) is 25.9 Å². The number of phenols is 1. The Morgan fingerprint density at radius 2 is 1.74 bits per heavy atom. The first-order valence-electron chi connectivity index (χ1n) is 5.88. The number of amides is 1. The molecule has 0 aromatic heterocycles. The number of likely N-dealkylation sites (N-methyl/N-ethyl adjacent to an activating group) is 1. The van der Waals surface area contributed by atoms with E-state index in [1.165, 1.54) is 19.1 Å². The zero-order valence-electron chi connectivity index (χ0n) is 11.1. The van der Waals surface area contributed by atoms with Gasteiger partial charge in [-0.3, -0.25) is 9.59 Å². The molecule has 6 nitrogen and oxygen atoms in total. The molecule has 2 atom stereocenters. The van der Waals surface area contributed by atoms with E-state index in [9.17, 15) is 14.7 Å². The lowest BCUT2D eigenvalue weighted by Crippen LogP contribution is -2.48. The van der Waals surface area contributed by atoms with Gasteiger partial charge in [-0.25, -0.2) is 0 Å². The number of phenolic OH excluding ortho intramolecular Hbond substituents is 1. The van der Waals surface area contributed by atoms with Crippen LogP contribution in [0.5, 0.6) is 5.75 Å². The topological polar surface area (TPSA) is 89.9 Å². The van der Waals surface area contributed by atoms with E-state index in [1.807, 2.05) is 0 Å². The van der Waals surface area contributed by atoms with E-state index in [0.29, 0.717) is 0 Å². The number of rotatable bonds is 5. The van der Waals surface area contributed by atoms with E-state index in [2.05, 4.69) is 5.32 Å². The van der Waals surface area contributed by atoms with Crippen molar-refractivity contribution in [3.05, 3.63) is 24.3 Å². The van der Waals surface area contributed by atoms with Gasteiger partial charge in [-0.05, 0) is 38.1 Å². The molecule has 6 heteroatoms. The predicted molar refractivity (Wildman–Crippen MR) is 71.2 cm³/mol. The maximum absolute atomic E-state index is 11.9. The zero-order valence-corrected chi connectivity index (χ0v) is 11.1. The van der Waals surface area contributed by atoms with Crippen LogP contribution in [0.15, 0.2) is 24.3 Å². The highest BCUT2D eigenvalue weighted by molar-refractivity contribution is 5.88. The molecule has 0 aliphatic heterocycles. The van der Waals surface area contributed by atoms with E-state index in [0.717, 1.165) is 5.69 Å². The molecule has 1 aromatic carbocycles. The van der Waals surface area contributed by atoms with Crippen molar-refractivity contribution in [3.8, 4) is 5.75 Å². The van der Waals surface area contributed by atoms with Crippen molar-refractivity contribution >= 4 is 17.6 Å². The molecule has 0 spiro atoms. The first-order valence-corrected chi connectivity index (χ1v) is 5.88. The molecule has 2 unspecified atom stereocenters. The first-order chi connectivity index (χ1) is 8.82. The zero-order chi connectivity index (χ0) is 14.6. The summed E-state index contributed by atoms with van der Waals surface area (Å²) in [6.07, 6.45) is 0. The Kier molecular flexibility index (Phi) is 4.74. The van der Waals surface area contributed by atoms with E-state index in [-0.39, 0.29) is 11.7 Å². The van der Waals surface area contributed by atoms with Crippen LogP contribution in [-0.2, 0) is 9.59 Å². The number of anilines is 1. The van der Waals surface area contributed by atoms with Crippen LogP contribution in [0.25, 0.3) is 0 Å². The molecule has 0 saturated heterocycles. The molecular formula is C13H18N2O4. The number of hydrogen-bond acceptors (Lipinski definition) is 4. The normalized spacial score (nSPS) is 13.4. The van der Waals surface area contributed by atoms with Gasteiger partial charge < -0.3 is 20.4 Å². The summed E-state index contributed by atoms with van der Waals surface area (Å²) in [5, 5.41) is 20.4. The monoisotopic (exact) mass is 266 g/mol. The Morgan fingerprint density at radius 1 is 1.21 bits per heavy atom. The van der Waals surface area contributed by atoms with Gasteiger partial charge in [-0.1, -0.05) is 0 Å². The van der Waals surface area contributed by atoms with Gasteiger partial charge in [0, 0.05) is 12.7 Å². The van der Waals surface area contributed by atoms with Crippen LogP contribution in [-0.4, -0.2) is 41.2 Å². The number of carboxylic acid groups (broad SMARTS) is 1. The molecule has 0 fully saturated rings. The summed E-state index contributed by atoms with van der Waals surface area (Å²) in [4.78, 5) is 24.3. The molecule has 0 aliphatic rings. The molecule has 19 heavy (non-hydrogen) atoms. The fourth-order valence-electron chi connectivity index (χ4n) is 1.48. The summed E-state index contributed by atoms with van der Waals surface area (Å²) >= 11 is 0. The van der Waals surface area contributed by atoms with E-state index < -0.39 is 18.1 Å². The van der Waals surface area contributed by atoms with Crippen molar-refractivity contribution in [2.24, 2.45) is 0 Å². The molecular weight excluding hydrogens is 248 g/mol. The van der Waals surface area contributed by atoms with Crippen LogP contribution in [0.2, 0.25) is 0 Å². The fraction of sp³-hybridized carbons (Fsp3) is 0.385. The highest BCUT2D eigenvalue weighted by Crippen LogP contribution is 2.19. The lowest BCUT2D eigenvalue weighted by Gasteiger charge is -2.26. The van der Waals surface area contributed by atoms with Gasteiger partial charge in [0.05, 0.1) is 0 Å². The molecule has 1 amide bonds. The SMILES string of the molecule is CC(NC(=O)C(C)N(C)c1ccc(O)cc1)C(=O)O. The molecule has 3 N–H and O–H groups in total. The average Bonchev–Trinajstić information content (AvgIpc) is 2.37. The molecule has 1 rings (SSSR count). The van der Waals surface area contributed by atoms with Crippen molar-refractivity contribution in [1.29, 1.82) is 0 Å². The minimum atomic E-state index is -1.08. The van der Waals surface area contributed by atoms with Crippen LogP contribution in [0.3, 0.4) is 0 Å². The largest absolute Gasteiger partial charge is 0.508 e. The molecule has 0 radical (unpaired) electrons. The van der Waals surface area contributed by atoms with Crippen LogP contribution >= 0.6 is 0 Å². The van der Waals surface area contributed by atoms with Crippen molar-refractivity contribution in [1.82, 2.24) is 5.32 Å². The number of hydrogen-bond donors (Lipinski definition) is 3. The smallest absolute Gasteiger partial charge is 0.325 e. The maximum atomic E-state index is 11.9. The third kappa shape index (κ3) is 3.87. The van der Waals surface area contributed by atoms with Crippen LogP contribution < -0.4 is 10.2 Å². The predicted octanol–water partition coefficient (Wildman–Crippen LogP) is 0.806. The average molecular weight is 266 g/mol. The number of aromatic hydroxyl groups is 1. The maximum Gasteiger partial charge on any atom is 0.325 e. The third-order valence-corrected chi connectivity index (χ3v) is 2.95. The van der Waals surface area contributed by atoms with Gasteiger partial charge in [-0.15, -0.1) is 0 Å². The second-order valence-electron chi connectivity index (χ2n) is 4.37. The molecule has 0 heterocycles. The summed E-state index contributed by atoms with van der Waals surface area (Å²) in [5.74, 6) is -1.30. The lowest BCUT2D eigenvalue weighted by atomic mass is 10.2. The van der Waals surface area contributed by atoms with E-state index in [4.69, 9.17) is 5.11 Å².